The Morgan fingerprint density at radius 1 is 0.902 bits per heavy atom. The van der Waals surface area contributed by atoms with Crippen LogP contribution in [0.15, 0.2) is 54.6 Å². The van der Waals surface area contributed by atoms with Gasteiger partial charge in [-0.2, -0.15) is 0 Å². The molecular formula is C31H33NO9. The molecular weight excluding hydrogens is 530 g/mol. The fourth-order valence-corrected chi connectivity index (χ4v) is 5.25. The van der Waals surface area contributed by atoms with Crippen molar-refractivity contribution in [2.24, 2.45) is 5.41 Å². The lowest BCUT2D eigenvalue weighted by molar-refractivity contribution is -0.148. The number of hydrogen-bond donors (Lipinski definition) is 2. The number of methoxy groups -OCH3 is 1. The lowest BCUT2D eigenvalue weighted by atomic mass is 9.93. The molecule has 2 atom stereocenters. The number of fused-ring (bicyclic) bond motifs is 2. The number of nitrogens with zero attached hydrogens (tertiary/aromatic N) is 1. The van der Waals surface area contributed by atoms with Crippen molar-refractivity contribution in [1.29, 1.82) is 0 Å². The van der Waals surface area contributed by atoms with Gasteiger partial charge >= 0.3 is 11.9 Å². The van der Waals surface area contributed by atoms with Gasteiger partial charge in [0, 0.05) is 11.6 Å². The third-order valence-electron chi connectivity index (χ3n) is 7.33. The van der Waals surface area contributed by atoms with Gasteiger partial charge in [0.05, 0.1) is 37.8 Å². The summed E-state index contributed by atoms with van der Waals surface area (Å²) in [5.74, 6) is 0.811. The summed E-state index contributed by atoms with van der Waals surface area (Å²) >= 11 is 0. The van der Waals surface area contributed by atoms with Crippen molar-refractivity contribution < 1.29 is 43.5 Å². The molecule has 0 amide bonds. The predicted molar refractivity (Wildman–Crippen MR) is 148 cm³/mol. The van der Waals surface area contributed by atoms with E-state index in [9.17, 15) is 19.8 Å². The molecule has 0 spiro atoms. The molecule has 0 radical (unpaired) electrons. The zero-order valence-corrected chi connectivity index (χ0v) is 23.4. The van der Waals surface area contributed by atoms with Crippen molar-refractivity contribution in [3.05, 3.63) is 76.9 Å². The highest BCUT2D eigenvalue weighted by Gasteiger charge is 2.43. The maximum Gasteiger partial charge on any atom is 0.317 e. The minimum absolute atomic E-state index is 0.106. The Kier molecular flexibility index (Phi) is 7.68. The first-order chi connectivity index (χ1) is 19.6. The summed E-state index contributed by atoms with van der Waals surface area (Å²) in [6.45, 7) is 5.27. The number of carboxylic acid groups (broad SMARTS) is 2. The van der Waals surface area contributed by atoms with E-state index in [-0.39, 0.29) is 19.9 Å². The van der Waals surface area contributed by atoms with Gasteiger partial charge in [-0.05, 0) is 73.9 Å². The molecule has 5 rings (SSSR count). The number of benzene rings is 3. The molecule has 0 aromatic heterocycles. The Balaban J connectivity index is 1.68. The Labute approximate surface area is 238 Å². The van der Waals surface area contributed by atoms with Crippen LogP contribution in [0.2, 0.25) is 0 Å². The van der Waals surface area contributed by atoms with Gasteiger partial charge < -0.3 is 33.9 Å². The zero-order chi connectivity index (χ0) is 29.3. The largest absolute Gasteiger partial charge is 0.497 e. The van der Waals surface area contributed by atoms with Crippen LogP contribution in [0.25, 0.3) is 0 Å². The number of ether oxygens (including phenoxy) is 5. The van der Waals surface area contributed by atoms with Gasteiger partial charge in [0.15, 0.2) is 11.5 Å². The van der Waals surface area contributed by atoms with Crippen molar-refractivity contribution in [3.63, 3.8) is 0 Å². The van der Waals surface area contributed by atoms with Gasteiger partial charge in [0.2, 0.25) is 6.79 Å². The summed E-state index contributed by atoms with van der Waals surface area (Å²) in [5.41, 5.74) is 2.11. The van der Waals surface area contributed by atoms with Crippen LogP contribution in [-0.4, -0.2) is 60.7 Å². The maximum absolute atomic E-state index is 12.3. The average Bonchev–Trinajstić information content (AvgIpc) is 3.53. The number of carboxylic acids is 2. The Morgan fingerprint density at radius 3 is 2.34 bits per heavy atom. The number of carbonyl (C=O) groups is 2. The van der Waals surface area contributed by atoms with Gasteiger partial charge in [-0.3, -0.25) is 14.5 Å². The Morgan fingerprint density at radius 2 is 1.63 bits per heavy atom. The molecule has 0 fully saturated rings. The van der Waals surface area contributed by atoms with Crippen molar-refractivity contribution in [1.82, 2.24) is 4.90 Å². The van der Waals surface area contributed by atoms with Crippen LogP contribution in [0.1, 0.15) is 55.1 Å². The van der Waals surface area contributed by atoms with Crippen LogP contribution in [0.4, 0.5) is 0 Å². The molecule has 0 bridgehead atoms. The first kappa shape index (κ1) is 28.1. The predicted octanol–water partition coefficient (Wildman–Crippen LogP) is 4.89. The van der Waals surface area contributed by atoms with Gasteiger partial charge in [-0.15, -0.1) is 0 Å². The lowest BCUT2D eigenvalue weighted by Crippen LogP contribution is -2.34. The van der Waals surface area contributed by atoms with Crippen molar-refractivity contribution in [3.8, 4) is 28.7 Å². The van der Waals surface area contributed by atoms with E-state index in [1.54, 1.807) is 26.0 Å². The highest BCUT2D eigenvalue weighted by Crippen LogP contribution is 2.52. The third kappa shape index (κ3) is 5.47. The second kappa shape index (κ2) is 11.2. The van der Waals surface area contributed by atoms with Crippen LogP contribution >= 0.6 is 0 Å². The minimum Gasteiger partial charge on any atom is -0.497 e. The van der Waals surface area contributed by atoms with Gasteiger partial charge in [-0.1, -0.05) is 12.1 Å². The van der Waals surface area contributed by atoms with E-state index in [1.807, 2.05) is 54.3 Å². The monoisotopic (exact) mass is 563 g/mol. The Bertz CT molecular complexity index is 1470. The Hall–Kier alpha value is -4.44. The van der Waals surface area contributed by atoms with Gasteiger partial charge in [0.25, 0.3) is 0 Å². The van der Waals surface area contributed by atoms with Gasteiger partial charge in [0.1, 0.15) is 23.9 Å². The molecule has 3 aromatic carbocycles. The van der Waals surface area contributed by atoms with E-state index in [0.717, 1.165) is 16.7 Å². The first-order valence-electron chi connectivity index (χ1n) is 13.3. The molecule has 10 nitrogen and oxygen atoms in total. The molecule has 2 aliphatic heterocycles. The highest BCUT2D eigenvalue weighted by atomic mass is 16.7. The molecule has 216 valence electrons. The number of aliphatic carboxylic acids is 2. The summed E-state index contributed by atoms with van der Waals surface area (Å²) in [5, 5.41) is 19.7. The molecule has 0 saturated heterocycles. The summed E-state index contributed by atoms with van der Waals surface area (Å²) in [6.07, 6.45) is 0. The van der Waals surface area contributed by atoms with E-state index >= 15 is 0 Å². The molecule has 2 aliphatic rings. The second-order valence-electron chi connectivity index (χ2n) is 10.6. The van der Waals surface area contributed by atoms with E-state index < -0.39 is 29.4 Å². The van der Waals surface area contributed by atoms with Gasteiger partial charge in [-0.25, -0.2) is 0 Å². The topological polar surface area (TPSA) is 124 Å². The molecule has 10 heteroatoms. The molecule has 2 N–H and O–H groups in total. The summed E-state index contributed by atoms with van der Waals surface area (Å²) < 4.78 is 28.6. The summed E-state index contributed by atoms with van der Waals surface area (Å²) in [6, 6.07) is 15.7. The third-order valence-corrected chi connectivity index (χ3v) is 7.33. The number of rotatable bonds is 11. The summed E-state index contributed by atoms with van der Waals surface area (Å²) in [4.78, 5) is 26.0. The highest BCUT2D eigenvalue weighted by molar-refractivity contribution is 5.74. The van der Waals surface area contributed by atoms with E-state index in [1.165, 1.54) is 7.11 Å². The van der Waals surface area contributed by atoms with Crippen LogP contribution in [0.3, 0.4) is 0 Å². The average molecular weight is 564 g/mol. The normalized spacial score (nSPS) is 17.7. The smallest absolute Gasteiger partial charge is 0.317 e. The van der Waals surface area contributed by atoms with Crippen LogP contribution in [0.5, 0.6) is 28.7 Å². The molecule has 3 aromatic rings. The quantitative estimate of drug-likeness (QED) is 0.333. The first-order valence-corrected chi connectivity index (χ1v) is 13.3. The molecule has 41 heavy (non-hydrogen) atoms. The molecule has 0 saturated carbocycles. The minimum atomic E-state index is -1.16. The lowest BCUT2D eigenvalue weighted by Gasteiger charge is -2.31. The fourth-order valence-electron chi connectivity index (χ4n) is 5.25. The van der Waals surface area contributed by atoms with Crippen molar-refractivity contribution >= 4 is 11.9 Å². The second-order valence-corrected chi connectivity index (χ2v) is 10.6. The molecule has 0 unspecified atom stereocenters. The van der Waals surface area contributed by atoms with E-state index in [0.29, 0.717) is 40.9 Å². The van der Waals surface area contributed by atoms with Crippen LogP contribution < -0.4 is 23.7 Å². The molecule has 2 heterocycles. The van der Waals surface area contributed by atoms with Crippen LogP contribution in [-0.2, 0) is 9.59 Å². The summed E-state index contributed by atoms with van der Waals surface area (Å²) in [7, 11) is 1.53. The van der Waals surface area contributed by atoms with Crippen molar-refractivity contribution in [2.75, 3.05) is 33.7 Å². The SMILES string of the molecule is CCOc1ccc2c(c1)[C@@H](c1ccc(OC)cc1OCC(C)(C)C(=O)O)N(CC(=O)O)[C@@H]2c1ccc2c(c1)OCO2. The standard InChI is InChI=1S/C31H33NO9/c1-5-38-20-8-9-21-23(13-20)29(22-10-7-19(37-4)14-25(22)39-16-31(2,3)30(35)36)32(15-27(33)34)28(21)18-6-11-24-26(12-18)41-17-40-24/h6-14,28-29H,5,15-17H2,1-4H3,(H,33,34)(H,35,36)/t28-,29-/m1/s1. The van der Waals surface area contributed by atoms with Crippen LogP contribution in [0, 0.1) is 5.41 Å². The number of hydrogen-bond acceptors (Lipinski definition) is 8. The van der Waals surface area contributed by atoms with Crippen molar-refractivity contribution in [2.45, 2.75) is 32.9 Å². The van der Waals surface area contributed by atoms with E-state index in [2.05, 4.69) is 0 Å². The zero-order valence-electron chi connectivity index (χ0n) is 23.4. The fraction of sp³-hybridized carbons (Fsp3) is 0.355. The molecule has 0 aliphatic carbocycles. The van der Waals surface area contributed by atoms with E-state index in [4.69, 9.17) is 23.7 Å². The maximum atomic E-state index is 12.3.